The van der Waals surface area contributed by atoms with Gasteiger partial charge in [0.1, 0.15) is 17.7 Å². The molecule has 186 valence electrons. The van der Waals surface area contributed by atoms with Crippen LogP contribution in [0.2, 0.25) is 5.02 Å². The van der Waals surface area contributed by atoms with E-state index in [-0.39, 0.29) is 12.1 Å². The van der Waals surface area contributed by atoms with Crippen LogP contribution in [0.3, 0.4) is 0 Å². The minimum atomic E-state index is -0.538. The Hall–Kier alpha value is -3.72. The first kappa shape index (κ1) is 24.0. The van der Waals surface area contributed by atoms with E-state index in [1.165, 1.54) is 0 Å². The molecule has 0 spiro atoms. The van der Waals surface area contributed by atoms with Gasteiger partial charge in [0.15, 0.2) is 11.5 Å². The number of aromatic nitrogens is 5. The molecule has 1 aliphatic rings. The Kier molecular flexibility index (Phi) is 6.26. The monoisotopic (exact) mass is 505 g/mol. The van der Waals surface area contributed by atoms with Crippen LogP contribution in [-0.4, -0.2) is 66.8 Å². The molecule has 1 amide bonds. The van der Waals surface area contributed by atoms with E-state index in [4.69, 9.17) is 21.3 Å². The summed E-state index contributed by atoms with van der Waals surface area (Å²) in [5.41, 5.74) is 1.89. The first-order chi connectivity index (χ1) is 17.2. The molecule has 4 heterocycles. The van der Waals surface area contributed by atoms with E-state index in [1.807, 2.05) is 55.8 Å². The number of rotatable bonds is 3. The fourth-order valence-electron chi connectivity index (χ4n) is 4.46. The van der Waals surface area contributed by atoms with Crippen molar-refractivity contribution in [1.29, 1.82) is 0 Å². The average molecular weight is 506 g/mol. The maximum Gasteiger partial charge on any atom is 0.410 e. The van der Waals surface area contributed by atoms with E-state index in [9.17, 15) is 4.79 Å². The van der Waals surface area contributed by atoms with Gasteiger partial charge in [-0.3, -0.25) is 0 Å². The molecule has 1 aromatic carbocycles. The summed E-state index contributed by atoms with van der Waals surface area (Å²) in [6.07, 6.45) is 6.69. The molecule has 0 radical (unpaired) electrons. The SMILES string of the molecule is C[C@H]1CN(C(=O)OC(C)(C)C)CCN1c1ncnc2c1c(-c1ncccn1)cn2-c1cccc(Cl)c1. The van der Waals surface area contributed by atoms with Gasteiger partial charge in [-0.25, -0.2) is 24.7 Å². The molecule has 9 nitrogen and oxygen atoms in total. The van der Waals surface area contributed by atoms with Crippen molar-refractivity contribution in [3.63, 3.8) is 0 Å². The van der Waals surface area contributed by atoms with Gasteiger partial charge in [0.05, 0.1) is 10.9 Å². The molecule has 0 unspecified atom stereocenters. The number of amides is 1. The van der Waals surface area contributed by atoms with Crippen molar-refractivity contribution in [3.8, 4) is 17.1 Å². The molecule has 0 bridgehead atoms. The van der Waals surface area contributed by atoms with Crippen LogP contribution < -0.4 is 4.90 Å². The van der Waals surface area contributed by atoms with Gasteiger partial charge in [-0.2, -0.15) is 0 Å². The molecule has 0 aliphatic carbocycles. The van der Waals surface area contributed by atoms with Crippen LogP contribution in [0.25, 0.3) is 28.1 Å². The van der Waals surface area contributed by atoms with Crippen LogP contribution in [-0.2, 0) is 4.74 Å². The molecule has 4 aromatic rings. The smallest absolute Gasteiger partial charge is 0.410 e. The van der Waals surface area contributed by atoms with Gasteiger partial charge in [0, 0.05) is 55.0 Å². The molecule has 10 heteroatoms. The van der Waals surface area contributed by atoms with E-state index in [0.717, 1.165) is 28.1 Å². The molecule has 1 fully saturated rings. The zero-order valence-corrected chi connectivity index (χ0v) is 21.5. The highest BCUT2D eigenvalue weighted by Gasteiger charge is 2.32. The maximum atomic E-state index is 12.7. The first-order valence-corrected chi connectivity index (χ1v) is 12.2. The Bertz CT molecular complexity index is 1400. The van der Waals surface area contributed by atoms with Gasteiger partial charge in [0.25, 0.3) is 0 Å². The van der Waals surface area contributed by atoms with Gasteiger partial charge < -0.3 is 19.1 Å². The lowest BCUT2D eigenvalue weighted by Crippen LogP contribution is -2.54. The normalized spacial score (nSPS) is 16.4. The predicted molar refractivity (Wildman–Crippen MR) is 140 cm³/mol. The van der Waals surface area contributed by atoms with Crippen LogP contribution in [0.4, 0.5) is 10.6 Å². The van der Waals surface area contributed by atoms with Gasteiger partial charge in [-0.05, 0) is 52.0 Å². The molecule has 0 saturated carbocycles. The number of fused-ring (bicyclic) bond motifs is 1. The van der Waals surface area contributed by atoms with Gasteiger partial charge in [0.2, 0.25) is 0 Å². The van der Waals surface area contributed by atoms with Gasteiger partial charge >= 0.3 is 6.09 Å². The molecule has 1 saturated heterocycles. The van der Waals surface area contributed by atoms with Crippen molar-refractivity contribution in [1.82, 2.24) is 29.4 Å². The van der Waals surface area contributed by atoms with Crippen LogP contribution in [0.5, 0.6) is 0 Å². The Morgan fingerprint density at radius 2 is 1.86 bits per heavy atom. The van der Waals surface area contributed by atoms with Crippen LogP contribution in [0.1, 0.15) is 27.7 Å². The fraction of sp³-hybridized carbons (Fsp3) is 0.346. The second-order valence-electron chi connectivity index (χ2n) is 9.83. The first-order valence-electron chi connectivity index (χ1n) is 11.9. The Morgan fingerprint density at radius 3 is 2.56 bits per heavy atom. The molecule has 36 heavy (non-hydrogen) atoms. The van der Waals surface area contributed by atoms with Gasteiger partial charge in [-0.15, -0.1) is 0 Å². The van der Waals surface area contributed by atoms with Crippen molar-refractivity contribution < 1.29 is 9.53 Å². The quantitative estimate of drug-likeness (QED) is 0.388. The summed E-state index contributed by atoms with van der Waals surface area (Å²) in [5.74, 6) is 1.36. The van der Waals surface area contributed by atoms with Crippen molar-refractivity contribution in [2.45, 2.75) is 39.3 Å². The number of nitrogens with zero attached hydrogens (tertiary/aromatic N) is 7. The van der Waals surface area contributed by atoms with Crippen molar-refractivity contribution in [2.24, 2.45) is 0 Å². The maximum absolute atomic E-state index is 12.7. The summed E-state index contributed by atoms with van der Waals surface area (Å²) in [7, 11) is 0. The summed E-state index contributed by atoms with van der Waals surface area (Å²) >= 11 is 6.30. The number of carbonyl (C=O) groups is 1. The fourth-order valence-corrected chi connectivity index (χ4v) is 4.64. The third-order valence-corrected chi connectivity index (χ3v) is 6.24. The Morgan fingerprint density at radius 1 is 1.08 bits per heavy atom. The lowest BCUT2D eigenvalue weighted by Gasteiger charge is -2.41. The molecule has 3 aromatic heterocycles. The number of halogens is 1. The van der Waals surface area contributed by atoms with Crippen molar-refractivity contribution in [2.75, 3.05) is 24.5 Å². The zero-order chi connectivity index (χ0) is 25.4. The van der Waals surface area contributed by atoms with E-state index in [2.05, 4.69) is 26.8 Å². The van der Waals surface area contributed by atoms with Crippen molar-refractivity contribution >= 4 is 34.5 Å². The lowest BCUT2D eigenvalue weighted by atomic mass is 10.1. The highest BCUT2D eigenvalue weighted by atomic mass is 35.5. The third kappa shape index (κ3) is 4.70. The summed E-state index contributed by atoms with van der Waals surface area (Å²) in [5, 5.41) is 1.48. The third-order valence-electron chi connectivity index (χ3n) is 6.01. The summed E-state index contributed by atoms with van der Waals surface area (Å²) in [6, 6.07) is 9.40. The summed E-state index contributed by atoms with van der Waals surface area (Å²) in [6.45, 7) is 9.35. The van der Waals surface area contributed by atoms with Gasteiger partial charge in [-0.1, -0.05) is 17.7 Å². The highest BCUT2D eigenvalue weighted by Crippen LogP contribution is 2.36. The average Bonchev–Trinajstić information content (AvgIpc) is 3.24. The lowest BCUT2D eigenvalue weighted by molar-refractivity contribution is 0.0218. The number of ether oxygens (including phenoxy) is 1. The molecular formula is C26H28ClN7O2. The Labute approximate surface area is 214 Å². The highest BCUT2D eigenvalue weighted by molar-refractivity contribution is 6.30. The van der Waals surface area contributed by atoms with E-state index >= 15 is 0 Å². The number of carbonyl (C=O) groups excluding carboxylic acids is 1. The van der Waals surface area contributed by atoms with Crippen LogP contribution >= 0.6 is 11.6 Å². The summed E-state index contributed by atoms with van der Waals surface area (Å²) in [4.78, 5) is 35.0. The second kappa shape index (κ2) is 9.39. The zero-order valence-electron chi connectivity index (χ0n) is 20.7. The molecule has 0 N–H and O–H groups in total. The number of benzene rings is 1. The molecule has 5 rings (SSSR count). The largest absolute Gasteiger partial charge is 0.444 e. The van der Waals surface area contributed by atoms with Crippen molar-refractivity contribution in [3.05, 3.63) is 60.3 Å². The number of anilines is 1. The summed E-state index contributed by atoms with van der Waals surface area (Å²) < 4.78 is 7.57. The van der Waals surface area contributed by atoms with E-state index < -0.39 is 5.60 Å². The number of piperazine rings is 1. The molecule has 1 aliphatic heterocycles. The Balaban J connectivity index is 1.58. The minimum Gasteiger partial charge on any atom is -0.444 e. The number of hydrogen-bond acceptors (Lipinski definition) is 7. The second-order valence-corrected chi connectivity index (χ2v) is 10.3. The predicted octanol–water partition coefficient (Wildman–Crippen LogP) is 4.98. The molecular weight excluding hydrogens is 478 g/mol. The van der Waals surface area contributed by atoms with Crippen LogP contribution in [0, 0.1) is 0 Å². The molecule has 1 atom stereocenters. The number of hydrogen-bond donors (Lipinski definition) is 0. The van der Waals surface area contributed by atoms with E-state index in [1.54, 1.807) is 29.7 Å². The van der Waals surface area contributed by atoms with Crippen LogP contribution in [0.15, 0.2) is 55.2 Å². The standard InChI is InChI=1S/C26H28ClN7O2/c1-17-14-32(25(35)36-26(2,3)4)11-12-33(17)23-21-20(22-28-9-6-10-29-22)15-34(24(21)31-16-30-23)19-8-5-7-18(27)13-19/h5-10,13,15-17H,11-12,14H2,1-4H3/t17-/m0/s1. The minimum absolute atomic E-state index is 0.00318. The van der Waals surface area contributed by atoms with E-state index in [0.29, 0.717) is 30.5 Å². The topological polar surface area (TPSA) is 89.3 Å².